The first-order valence-corrected chi connectivity index (χ1v) is 4.59. The third-order valence-electron chi connectivity index (χ3n) is 2.33. The van der Waals surface area contributed by atoms with Gasteiger partial charge in [-0.25, -0.2) is 9.37 Å². The topological polar surface area (TPSA) is 38.0 Å². The molecule has 0 saturated heterocycles. The summed E-state index contributed by atoms with van der Waals surface area (Å²) in [6, 6.07) is 6.18. The number of hydrogen-bond acceptors (Lipinski definition) is 2. The molecule has 0 saturated carbocycles. The summed E-state index contributed by atoms with van der Waals surface area (Å²) in [5, 5.41) is 9.94. The largest absolute Gasteiger partial charge is 0.382 e. The second kappa shape index (κ2) is 3.82. The molecular weight excluding hydrogens is 195 g/mol. The average molecular weight is 206 g/mol. The predicted molar refractivity (Wildman–Crippen MR) is 53.7 cm³/mol. The van der Waals surface area contributed by atoms with Gasteiger partial charge in [-0.05, 0) is 6.07 Å². The van der Waals surface area contributed by atoms with Gasteiger partial charge in [-0.15, -0.1) is 0 Å². The van der Waals surface area contributed by atoms with E-state index in [0.717, 1.165) is 0 Å². The van der Waals surface area contributed by atoms with Crippen molar-refractivity contribution >= 4 is 0 Å². The van der Waals surface area contributed by atoms with Crippen molar-refractivity contribution < 1.29 is 9.50 Å². The van der Waals surface area contributed by atoms with Crippen LogP contribution in [0.25, 0.3) is 0 Å². The number of aliphatic hydroxyl groups is 1. The molecule has 78 valence electrons. The molecule has 1 N–H and O–H groups in total. The van der Waals surface area contributed by atoms with Crippen LogP contribution >= 0.6 is 0 Å². The highest BCUT2D eigenvalue weighted by molar-refractivity contribution is 5.26. The van der Waals surface area contributed by atoms with Crippen LogP contribution < -0.4 is 0 Å². The molecule has 3 nitrogen and oxygen atoms in total. The van der Waals surface area contributed by atoms with E-state index in [1.807, 2.05) is 0 Å². The van der Waals surface area contributed by atoms with E-state index in [2.05, 4.69) is 4.98 Å². The lowest BCUT2D eigenvalue weighted by atomic mass is 10.1. The highest BCUT2D eigenvalue weighted by atomic mass is 19.1. The molecule has 2 aromatic rings. The Labute approximate surface area is 86.8 Å². The Hall–Kier alpha value is -1.68. The fourth-order valence-corrected chi connectivity index (χ4v) is 1.49. The first kappa shape index (κ1) is 9.86. The Bertz CT molecular complexity index is 467. The first-order chi connectivity index (χ1) is 7.20. The van der Waals surface area contributed by atoms with E-state index in [9.17, 15) is 9.50 Å². The van der Waals surface area contributed by atoms with Crippen LogP contribution in [0.15, 0.2) is 36.8 Å². The number of nitrogens with zero attached hydrogens (tertiary/aromatic N) is 2. The molecule has 0 spiro atoms. The van der Waals surface area contributed by atoms with Gasteiger partial charge in [-0.2, -0.15) is 0 Å². The van der Waals surface area contributed by atoms with E-state index in [1.165, 1.54) is 12.3 Å². The number of aromatic nitrogens is 2. The molecule has 15 heavy (non-hydrogen) atoms. The molecule has 0 aliphatic rings. The fourth-order valence-electron chi connectivity index (χ4n) is 1.49. The monoisotopic (exact) mass is 206 g/mol. The van der Waals surface area contributed by atoms with Crippen LogP contribution in [0, 0.1) is 5.82 Å². The molecule has 0 amide bonds. The van der Waals surface area contributed by atoms with Gasteiger partial charge in [-0.3, -0.25) is 0 Å². The molecular formula is C11H11FN2O. The van der Waals surface area contributed by atoms with Crippen molar-refractivity contribution in [2.24, 2.45) is 7.05 Å². The second-order valence-corrected chi connectivity index (χ2v) is 3.35. The molecule has 1 aromatic carbocycles. The summed E-state index contributed by atoms with van der Waals surface area (Å²) in [5.74, 6) is -0.411. The Morgan fingerprint density at radius 2 is 2.13 bits per heavy atom. The Kier molecular flexibility index (Phi) is 2.51. The number of rotatable bonds is 2. The minimum Gasteiger partial charge on any atom is -0.382 e. The number of benzene rings is 1. The quantitative estimate of drug-likeness (QED) is 0.811. The van der Waals surface area contributed by atoms with Crippen LogP contribution in [0.2, 0.25) is 0 Å². The van der Waals surface area contributed by atoms with Crippen LogP contribution in [0.5, 0.6) is 0 Å². The zero-order chi connectivity index (χ0) is 10.8. The average Bonchev–Trinajstić information content (AvgIpc) is 2.64. The molecule has 2 rings (SSSR count). The second-order valence-electron chi connectivity index (χ2n) is 3.35. The Morgan fingerprint density at radius 1 is 1.40 bits per heavy atom. The molecule has 0 aliphatic carbocycles. The summed E-state index contributed by atoms with van der Waals surface area (Å²) in [5.41, 5.74) is 0.834. The summed E-state index contributed by atoms with van der Waals surface area (Å²) >= 11 is 0. The van der Waals surface area contributed by atoms with E-state index in [-0.39, 0.29) is 5.56 Å². The third kappa shape index (κ3) is 1.76. The van der Waals surface area contributed by atoms with Gasteiger partial charge in [0.15, 0.2) is 0 Å². The fraction of sp³-hybridized carbons (Fsp3) is 0.182. The minimum absolute atomic E-state index is 0.265. The smallest absolute Gasteiger partial charge is 0.129 e. The molecule has 0 bridgehead atoms. The Balaban J connectivity index is 2.41. The van der Waals surface area contributed by atoms with E-state index in [1.54, 1.807) is 36.1 Å². The van der Waals surface area contributed by atoms with Crippen molar-refractivity contribution in [2.45, 2.75) is 6.10 Å². The van der Waals surface area contributed by atoms with Crippen molar-refractivity contribution in [3.05, 3.63) is 53.9 Å². The number of aliphatic hydroxyl groups excluding tert-OH is 1. The minimum atomic E-state index is -0.973. The van der Waals surface area contributed by atoms with Crippen molar-refractivity contribution in [3.8, 4) is 0 Å². The lowest BCUT2D eigenvalue weighted by Crippen LogP contribution is -2.06. The highest BCUT2D eigenvalue weighted by Gasteiger charge is 2.16. The summed E-state index contributed by atoms with van der Waals surface area (Å²) in [7, 11) is 1.76. The molecule has 0 fully saturated rings. The summed E-state index contributed by atoms with van der Waals surface area (Å²) in [6.45, 7) is 0. The molecule has 1 atom stereocenters. The van der Waals surface area contributed by atoms with Gasteiger partial charge in [0.2, 0.25) is 0 Å². The zero-order valence-electron chi connectivity index (χ0n) is 8.26. The van der Waals surface area contributed by atoms with Gasteiger partial charge >= 0.3 is 0 Å². The van der Waals surface area contributed by atoms with Crippen molar-refractivity contribution in [1.82, 2.24) is 9.55 Å². The van der Waals surface area contributed by atoms with Gasteiger partial charge < -0.3 is 9.67 Å². The van der Waals surface area contributed by atoms with E-state index in [0.29, 0.717) is 5.69 Å². The highest BCUT2D eigenvalue weighted by Crippen LogP contribution is 2.23. The van der Waals surface area contributed by atoms with Crippen LogP contribution in [-0.2, 0) is 7.05 Å². The van der Waals surface area contributed by atoms with Gasteiger partial charge in [0, 0.05) is 12.6 Å². The van der Waals surface area contributed by atoms with Gasteiger partial charge in [-0.1, -0.05) is 18.2 Å². The van der Waals surface area contributed by atoms with E-state index in [4.69, 9.17) is 0 Å². The summed E-state index contributed by atoms with van der Waals surface area (Å²) in [6.07, 6.45) is 2.12. The normalized spacial score (nSPS) is 12.7. The third-order valence-corrected chi connectivity index (χ3v) is 2.33. The maximum absolute atomic E-state index is 13.4. The standard InChI is InChI=1S/C11H11FN2O/c1-14-7-13-6-10(14)11(15)8-4-2-3-5-9(8)12/h2-7,11,15H,1H3. The molecule has 0 radical (unpaired) electrons. The molecule has 1 aromatic heterocycles. The molecule has 0 aliphatic heterocycles. The molecule has 1 heterocycles. The van der Waals surface area contributed by atoms with E-state index >= 15 is 0 Å². The number of aryl methyl sites for hydroxylation is 1. The van der Waals surface area contributed by atoms with Gasteiger partial charge in [0.05, 0.1) is 18.2 Å². The van der Waals surface area contributed by atoms with Gasteiger partial charge in [0.1, 0.15) is 11.9 Å². The van der Waals surface area contributed by atoms with E-state index < -0.39 is 11.9 Å². The van der Waals surface area contributed by atoms with Crippen molar-refractivity contribution in [1.29, 1.82) is 0 Å². The molecule has 4 heteroatoms. The Morgan fingerprint density at radius 3 is 2.73 bits per heavy atom. The SMILES string of the molecule is Cn1cncc1C(O)c1ccccc1F. The maximum Gasteiger partial charge on any atom is 0.129 e. The maximum atomic E-state index is 13.4. The summed E-state index contributed by atoms with van der Waals surface area (Å²) < 4.78 is 15.0. The first-order valence-electron chi connectivity index (χ1n) is 4.59. The summed E-state index contributed by atoms with van der Waals surface area (Å²) in [4.78, 5) is 3.88. The van der Waals surface area contributed by atoms with Crippen LogP contribution in [-0.4, -0.2) is 14.7 Å². The lowest BCUT2D eigenvalue weighted by molar-refractivity contribution is 0.206. The van der Waals surface area contributed by atoms with Crippen LogP contribution in [0.4, 0.5) is 4.39 Å². The lowest BCUT2D eigenvalue weighted by Gasteiger charge is -2.11. The number of imidazole rings is 1. The molecule has 1 unspecified atom stereocenters. The van der Waals surface area contributed by atoms with Crippen LogP contribution in [0.3, 0.4) is 0 Å². The number of halogens is 1. The van der Waals surface area contributed by atoms with Crippen molar-refractivity contribution in [2.75, 3.05) is 0 Å². The van der Waals surface area contributed by atoms with Crippen LogP contribution in [0.1, 0.15) is 17.4 Å². The predicted octanol–water partition coefficient (Wildman–Crippen LogP) is 1.64. The zero-order valence-corrected chi connectivity index (χ0v) is 8.26. The van der Waals surface area contributed by atoms with Gasteiger partial charge in [0.25, 0.3) is 0 Å². The number of hydrogen-bond donors (Lipinski definition) is 1. The van der Waals surface area contributed by atoms with Crippen molar-refractivity contribution in [3.63, 3.8) is 0 Å².